The van der Waals surface area contributed by atoms with Crippen molar-refractivity contribution in [1.29, 1.82) is 0 Å². The number of unbranched alkanes of at least 4 members (excludes halogenated alkanes) is 32. The highest BCUT2D eigenvalue weighted by molar-refractivity contribution is 5.77. The number of rotatable bonds is 54. The van der Waals surface area contributed by atoms with Gasteiger partial charge in [-0.2, -0.15) is 0 Å². The number of carbonyl (C=O) groups is 2. The van der Waals surface area contributed by atoms with Crippen LogP contribution in [0.3, 0.4) is 0 Å². The summed E-state index contributed by atoms with van der Waals surface area (Å²) in [5, 5.41) is 23.9. The van der Waals surface area contributed by atoms with Crippen LogP contribution in [-0.4, -0.2) is 46.9 Å². The topological polar surface area (TPSA) is 95.9 Å². The van der Waals surface area contributed by atoms with Crippen LogP contribution in [-0.2, 0) is 14.3 Å². The number of aliphatic hydroxyl groups is 2. The van der Waals surface area contributed by atoms with E-state index in [9.17, 15) is 19.8 Å². The fourth-order valence-electron chi connectivity index (χ4n) is 9.00. The highest BCUT2D eigenvalue weighted by Crippen LogP contribution is 2.18. The number of nitrogens with one attached hydrogen (secondary N) is 1. The molecule has 3 atom stereocenters. The predicted molar refractivity (Wildman–Crippen MR) is 301 cm³/mol. The van der Waals surface area contributed by atoms with Crippen LogP contribution in [0.2, 0.25) is 0 Å². The largest absolute Gasteiger partial charge is 0.462 e. The van der Waals surface area contributed by atoms with Crippen molar-refractivity contribution in [1.82, 2.24) is 5.32 Å². The number of esters is 1. The smallest absolute Gasteiger partial charge is 0.306 e. The summed E-state index contributed by atoms with van der Waals surface area (Å²) in [5.41, 5.74) is 0. The Balaban J connectivity index is 4.62. The predicted octanol–water partition coefficient (Wildman–Crippen LogP) is 18.7. The molecule has 3 N–H and O–H groups in total. The number of aliphatic hydroxyl groups excluding tert-OH is 2. The quantitative estimate of drug-likeness (QED) is 0.0321. The summed E-state index contributed by atoms with van der Waals surface area (Å²) in [6, 6.07) is -0.712. The maximum atomic E-state index is 13.3. The van der Waals surface area contributed by atoms with E-state index in [4.69, 9.17) is 4.74 Å². The third-order valence-electron chi connectivity index (χ3n) is 13.6. The van der Waals surface area contributed by atoms with Gasteiger partial charge in [-0.3, -0.25) is 9.59 Å². The van der Waals surface area contributed by atoms with Gasteiger partial charge in [0.05, 0.1) is 25.2 Å². The molecule has 0 spiro atoms. The fourth-order valence-corrected chi connectivity index (χ4v) is 9.00. The summed E-state index contributed by atoms with van der Waals surface area (Å²) in [6.07, 6.45) is 71.4. The molecule has 0 aromatic heterocycles. The van der Waals surface area contributed by atoms with E-state index >= 15 is 0 Å². The van der Waals surface area contributed by atoms with Crippen molar-refractivity contribution < 1.29 is 24.5 Å². The number of ether oxygens (including phenoxy) is 1. The normalized spacial score (nSPS) is 13.5. The average molecular weight is 967 g/mol. The zero-order chi connectivity index (χ0) is 50.2. The van der Waals surface area contributed by atoms with Gasteiger partial charge >= 0.3 is 5.97 Å². The molecule has 0 saturated heterocycles. The summed E-state index contributed by atoms with van der Waals surface area (Å²) in [7, 11) is 0. The van der Waals surface area contributed by atoms with Gasteiger partial charge in [0.25, 0.3) is 0 Å². The van der Waals surface area contributed by atoms with Gasteiger partial charge in [-0.05, 0) is 96.3 Å². The molecular formula is C63H115NO5. The zero-order valence-corrected chi connectivity index (χ0v) is 45.9. The van der Waals surface area contributed by atoms with Gasteiger partial charge in [-0.25, -0.2) is 0 Å². The summed E-state index contributed by atoms with van der Waals surface area (Å²) in [6.45, 7) is 6.47. The van der Waals surface area contributed by atoms with Crippen molar-refractivity contribution in [2.75, 3.05) is 6.61 Å². The first-order chi connectivity index (χ1) is 34.0. The molecule has 3 unspecified atom stereocenters. The van der Waals surface area contributed by atoms with Crippen molar-refractivity contribution in [3.05, 3.63) is 60.8 Å². The average Bonchev–Trinajstić information content (AvgIpc) is 3.34. The molecule has 0 aliphatic rings. The number of allylic oxidation sites excluding steroid dienone is 10. The van der Waals surface area contributed by atoms with Gasteiger partial charge in [0, 0.05) is 6.42 Å². The summed E-state index contributed by atoms with van der Waals surface area (Å²) < 4.78 is 5.96. The van der Waals surface area contributed by atoms with Gasteiger partial charge in [-0.15, -0.1) is 0 Å². The zero-order valence-electron chi connectivity index (χ0n) is 45.9. The second-order valence-corrected chi connectivity index (χ2v) is 20.4. The first kappa shape index (κ1) is 66.6. The number of carbonyl (C=O) groups excluding carboxylic acids is 2. The van der Waals surface area contributed by atoms with Crippen LogP contribution in [0.15, 0.2) is 60.8 Å². The molecule has 6 heteroatoms. The van der Waals surface area contributed by atoms with Crippen molar-refractivity contribution in [3.63, 3.8) is 0 Å². The Labute approximate surface area is 428 Å². The first-order valence-electron chi connectivity index (χ1n) is 30.0. The van der Waals surface area contributed by atoms with Gasteiger partial charge in [0.15, 0.2) is 0 Å². The second kappa shape index (κ2) is 56.5. The number of hydrogen-bond donors (Lipinski definition) is 3. The molecule has 402 valence electrons. The van der Waals surface area contributed by atoms with Crippen LogP contribution in [0.4, 0.5) is 0 Å². The van der Waals surface area contributed by atoms with Crippen molar-refractivity contribution in [3.8, 4) is 0 Å². The molecular weight excluding hydrogens is 851 g/mol. The van der Waals surface area contributed by atoms with E-state index in [2.05, 4.69) is 86.8 Å². The highest BCUT2D eigenvalue weighted by atomic mass is 16.5. The Hall–Kier alpha value is -2.44. The van der Waals surface area contributed by atoms with Crippen molar-refractivity contribution >= 4 is 11.9 Å². The Bertz CT molecular complexity index is 1220. The standard InChI is InChI=1S/C63H115NO5/c1-4-7-10-13-16-19-22-25-28-30-31-33-35-38-41-44-47-50-53-56-63(68)69-59(54-51-48-45-42-39-36-34-32-29-26-23-20-17-14-11-8-5-2)57-62(67)64-60(58-65)61(66)55-52-49-46-43-40-37-27-24-21-18-15-12-9-6-3/h16,19,25-26,28-29,31,33,38,41,59-61,65-66H,4-15,17-18,20-24,27,30,32,34-37,39-40,42-58H2,1-3H3,(H,64,67)/b19-16-,28-25-,29-26+,33-31-,41-38-. The lowest BCUT2D eigenvalue weighted by molar-refractivity contribution is -0.151. The minimum Gasteiger partial charge on any atom is -0.462 e. The Morgan fingerprint density at radius 1 is 0.420 bits per heavy atom. The third kappa shape index (κ3) is 51.7. The molecule has 0 bridgehead atoms. The minimum atomic E-state index is -0.797. The van der Waals surface area contributed by atoms with Crippen molar-refractivity contribution in [2.24, 2.45) is 0 Å². The molecule has 0 saturated carbocycles. The minimum absolute atomic E-state index is 0.0618. The molecule has 1 amide bonds. The molecule has 0 fully saturated rings. The number of amides is 1. The van der Waals surface area contributed by atoms with Crippen molar-refractivity contribution in [2.45, 2.75) is 322 Å². The summed E-state index contributed by atoms with van der Waals surface area (Å²) in [4.78, 5) is 26.3. The molecule has 69 heavy (non-hydrogen) atoms. The molecule has 0 aromatic carbocycles. The van der Waals surface area contributed by atoms with Crippen LogP contribution in [0.25, 0.3) is 0 Å². The molecule has 6 nitrogen and oxygen atoms in total. The molecule has 0 aliphatic heterocycles. The lowest BCUT2D eigenvalue weighted by Crippen LogP contribution is -2.46. The lowest BCUT2D eigenvalue weighted by atomic mass is 10.0. The van der Waals surface area contributed by atoms with Crippen LogP contribution in [0, 0.1) is 0 Å². The molecule has 0 heterocycles. The lowest BCUT2D eigenvalue weighted by Gasteiger charge is -2.24. The van der Waals surface area contributed by atoms with E-state index in [1.54, 1.807) is 0 Å². The van der Waals surface area contributed by atoms with Gasteiger partial charge in [0.2, 0.25) is 5.91 Å². The molecule has 0 aliphatic carbocycles. The van der Waals surface area contributed by atoms with E-state index < -0.39 is 18.2 Å². The molecule has 0 aromatic rings. The molecule has 0 radical (unpaired) electrons. The SMILES string of the molecule is CCCCC/C=C\C/C=C\C/C=C\C/C=C\CCCCCC(=O)OC(CCCCCCCCC/C=C/CCCCCCCC)CC(=O)NC(CO)C(O)CCCCCCCCCCCCCCCC. The van der Waals surface area contributed by atoms with Crippen LogP contribution in [0.5, 0.6) is 0 Å². The second-order valence-electron chi connectivity index (χ2n) is 20.4. The number of hydrogen-bond acceptors (Lipinski definition) is 5. The van der Waals surface area contributed by atoms with Gasteiger partial charge < -0.3 is 20.3 Å². The monoisotopic (exact) mass is 966 g/mol. The van der Waals surface area contributed by atoms with Crippen LogP contribution < -0.4 is 5.32 Å². The Morgan fingerprint density at radius 3 is 1.16 bits per heavy atom. The first-order valence-corrected chi connectivity index (χ1v) is 30.0. The summed E-state index contributed by atoms with van der Waals surface area (Å²) in [5.74, 6) is -0.505. The van der Waals surface area contributed by atoms with E-state index in [0.717, 1.165) is 83.5 Å². The van der Waals surface area contributed by atoms with Gasteiger partial charge in [0.1, 0.15) is 6.10 Å². The molecule has 0 rings (SSSR count). The highest BCUT2D eigenvalue weighted by Gasteiger charge is 2.24. The maximum Gasteiger partial charge on any atom is 0.306 e. The van der Waals surface area contributed by atoms with Crippen LogP contribution >= 0.6 is 0 Å². The van der Waals surface area contributed by atoms with E-state index in [1.807, 2.05) is 0 Å². The fraction of sp³-hybridized carbons (Fsp3) is 0.810. The van der Waals surface area contributed by atoms with E-state index in [0.29, 0.717) is 19.3 Å². The summed E-state index contributed by atoms with van der Waals surface area (Å²) >= 11 is 0. The van der Waals surface area contributed by atoms with Gasteiger partial charge in [-0.1, -0.05) is 255 Å². The third-order valence-corrected chi connectivity index (χ3v) is 13.6. The van der Waals surface area contributed by atoms with E-state index in [-0.39, 0.29) is 24.9 Å². The van der Waals surface area contributed by atoms with Crippen LogP contribution in [0.1, 0.15) is 303 Å². The Kier molecular flexibility index (Phi) is 54.5. The maximum absolute atomic E-state index is 13.3. The Morgan fingerprint density at radius 2 is 0.739 bits per heavy atom. The van der Waals surface area contributed by atoms with E-state index in [1.165, 1.54) is 173 Å².